The fraction of sp³-hybridized carbons (Fsp3) is 0.105. The highest BCUT2D eigenvalue weighted by atomic mass is 35.5. The highest BCUT2D eigenvalue weighted by Crippen LogP contribution is 2.35. The molecule has 2 aromatic rings. The molecule has 0 saturated carbocycles. The Morgan fingerprint density at radius 3 is 2.54 bits per heavy atom. The molecule has 142 valence electrons. The van der Waals surface area contributed by atoms with Gasteiger partial charge in [-0.15, -0.1) is 0 Å². The van der Waals surface area contributed by atoms with Crippen LogP contribution in [0.25, 0.3) is 17.2 Å². The summed E-state index contributed by atoms with van der Waals surface area (Å²) < 4.78 is 42.9. The molecule has 0 saturated heterocycles. The smallest absolute Gasteiger partial charge is 0.327 e. The molecule has 0 aliphatic carbocycles. The summed E-state index contributed by atoms with van der Waals surface area (Å²) in [7, 11) is 0. The minimum atomic E-state index is -4.60. The van der Waals surface area contributed by atoms with Gasteiger partial charge in [0.25, 0.3) is 0 Å². The zero-order valence-corrected chi connectivity index (χ0v) is 14.9. The van der Waals surface area contributed by atoms with E-state index in [4.69, 9.17) is 11.6 Å². The third-order valence-electron chi connectivity index (χ3n) is 4.25. The van der Waals surface area contributed by atoms with Gasteiger partial charge >= 0.3 is 11.9 Å². The lowest BCUT2D eigenvalue weighted by molar-refractivity contribution is -0.137. The van der Waals surface area contributed by atoms with Gasteiger partial charge in [-0.1, -0.05) is 29.8 Å². The van der Waals surface area contributed by atoms with Gasteiger partial charge in [0.15, 0.2) is 5.82 Å². The predicted molar refractivity (Wildman–Crippen MR) is 97.8 cm³/mol. The first-order valence-electron chi connectivity index (χ1n) is 8.19. The molecule has 4 rings (SSSR count). The van der Waals surface area contributed by atoms with E-state index in [0.29, 0.717) is 11.7 Å². The summed E-state index contributed by atoms with van der Waals surface area (Å²) in [5.74, 6) is 0.277. The van der Waals surface area contributed by atoms with Gasteiger partial charge in [0.05, 0.1) is 23.5 Å². The van der Waals surface area contributed by atoms with E-state index < -0.39 is 17.4 Å². The first-order valence-corrected chi connectivity index (χ1v) is 8.57. The monoisotopic (exact) mass is 404 g/mol. The van der Waals surface area contributed by atoms with Crippen molar-refractivity contribution in [1.82, 2.24) is 19.1 Å². The Kier molecular flexibility index (Phi) is 4.43. The average Bonchev–Trinajstić information content (AvgIpc) is 3.00. The molecule has 9 heteroatoms. The van der Waals surface area contributed by atoms with Crippen LogP contribution >= 0.6 is 11.6 Å². The first-order chi connectivity index (χ1) is 13.3. The SMILES string of the molecule is O=c1nc2n(Cc3ccc(Cl)nc3)cccc-2n1-c1ccccc1C(F)(F)F. The highest BCUT2D eigenvalue weighted by Gasteiger charge is 2.35. The summed E-state index contributed by atoms with van der Waals surface area (Å²) in [5, 5.41) is 0.349. The lowest BCUT2D eigenvalue weighted by atomic mass is 10.1. The number of benzene rings is 1. The zero-order valence-electron chi connectivity index (χ0n) is 14.2. The predicted octanol–water partition coefficient (Wildman–Crippen LogP) is 4.25. The van der Waals surface area contributed by atoms with E-state index >= 15 is 0 Å². The van der Waals surface area contributed by atoms with Gasteiger partial charge < -0.3 is 4.57 Å². The largest absolute Gasteiger partial charge is 0.418 e. The number of aromatic nitrogens is 4. The second kappa shape index (κ2) is 6.79. The van der Waals surface area contributed by atoms with Crippen LogP contribution < -0.4 is 5.69 Å². The summed E-state index contributed by atoms with van der Waals surface area (Å²) >= 11 is 5.79. The Morgan fingerprint density at radius 2 is 1.82 bits per heavy atom. The Balaban J connectivity index is 1.83. The fourth-order valence-corrected chi connectivity index (χ4v) is 3.15. The molecule has 5 nitrogen and oxygen atoms in total. The molecule has 0 bridgehead atoms. The van der Waals surface area contributed by atoms with E-state index in [1.807, 2.05) is 0 Å². The first kappa shape index (κ1) is 18.2. The van der Waals surface area contributed by atoms with Crippen molar-refractivity contribution in [2.75, 3.05) is 0 Å². The Bertz CT molecular complexity index is 1160. The maximum atomic E-state index is 13.4. The van der Waals surface area contributed by atoms with Crippen LogP contribution in [-0.2, 0) is 12.7 Å². The Hall–Kier alpha value is -3.13. The summed E-state index contributed by atoms with van der Waals surface area (Å²) in [6.07, 6.45) is -1.31. The number of nitrogens with zero attached hydrogens (tertiary/aromatic N) is 4. The summed E-state index contributed by atoms with van der Waals surface area (Å²) in [5.41, 5.74) is -0.844. The molecular formula is C19H12ClF3N4O. The number of pyridine rings is 2. The molecule has 3 heterocycles. The van der Waals surface area contributed by atoms with Crippen molar-refractivity contribution in [3.05, 3.63) is 87.7 Å². The molecular weight excluding hydrogens is 393 g/mol. The van der Waals surface area contributed by atoms with Gasteiger partial charge in [0.1, 0.15) is 5.15 Å². The summed E-state index contributed by atoms with van der Waals surface area (Å²) in [6.45, 7) is 0.332. The van der Waals surface area contributed by atoms with Gasteiger partial charge in [-0.25, -0.2) is 9.78 Å². The average molecular weight is 405 g/mol. The molecule has 1 aromatic heterocycles. The number of alkyl halides is 3. The van der Waals surface area contributed by atoms with Crippen LogP contribution in [0, 0.1) is 0 Å². The van der Waals surface area contributed by atoms with Crippen molar-refractivity contribution in [2.45, 2.75) is 12.7 Å². The number of para-hydroxylation sites is 1. The molecule has 1 aromatic carbocycles. The molecule has 0 N–H and O–H groups in total. The number of halogens is 4. The lowest BCUT2D eigenvalue weighted by Crippen LogP contribution is -2.19. The fourth-order valence-electron chi connectivity index (χ4n) is 3.04. The quantitative estimate of drug-likeness (QED) is 0.479. The van der Waals surface area contributed by atoms with Crippen molar-refractivity contribution >= 4 is 11.6 Å². The molecule has 28 heavy (non-hydrogen) atoms. The van der Waals surface area contributed by atoms with Gasteiger partial charge in [0, 0.05) is 12.4 Å². The second-order valence-electron chi connectivity index (χ2n) is 6.08. The number of fused-ring (bicyclic) bond motifs is 1. The van der Waals surface area contributed by atoms with E-state index in [9.17, 15) is 18.0 Å². The van der Waals surface area contributed by atoms with Gasteiger partial charge in [0.2, 0.25) is 0 Å². The van der Waals surface area contributed by atoms with Crippen molar-refractivity contribution in [3.63, 3.8) is 0 Å². The van der Waals surface area contributed by atoms with Crippen LogP contribution in [0.15, 0.2) is 65.7 Å². The second-order valence-corrected chi connectivity index (χ2v) is 6.47. The van der Waals surface area contributed by atoms with Crippen molar-refractivity contribution in [1.29, 1.82) is 0 Å². The lowest BCUT2D eigenvalue weighted by Gasteiger charge is -2.15. The van der Waals surface area contributed by atoms with Gasteiger partial charge in [-0.3, -0.25) is 4.57 Å². The number of rotatable bonds is 3. The summed E-state index contributed by atoms with van der Waals surface area (Å²) in [4.78, 5) is 20.5. The van der Waals surface area contributed by atoms with Crippen LogP contribution in [-0.4, -0.2) is 19.1 Å². The third kappa shape index (κ3) is 3.27. The maximum Gasteiger partial charge on any atom is 0.418 e. The van der Waals surface area contributed by atoms with Crippen LogP contribution in [0.4, 0.5) is 13.2 Å². The molecule has 0 amide bonds. The molecule has 0 fully saturated rings. The Morgan fingerprint density at radius 1 is 1.04 bits per heavy atom. The normalized spacial score (nSPS) is 11.9. The Labute approximate surface area is 162 Å². The van der Waals surface area contributed by atoms with Gasteiger partial charge in [-0.05, 0) is 35.9 Å². The number of hydrogen-bond donors (Lipinski definition) is 0. The minimum Gasteiger partial charge on any atom is -0.327 e. The summed E-state index contributed by atoms with van der Waals surface area (Å²) in [6, 6.07) is 11.6. The van der Waals surface area contributed by atoms with E-state index in [1.54, 1.807) is 41.2 Å². The molecule has 2 aliphatic heterocycles. The van der Waals surface area contributed by atoms with E-state index in [-0.39, 0.29) is 17.2 Å². The molecule has 0 atom stereocenters. The highest BCUT2D eigenvalue weighted by molar-refractivity contribution is 6.29. The van der Waals surface area contributed by atoms with Crippen LogP contribution in [0.1, 0.15) is 11.1 Å². The minimum absolute atomic E-state index is 0.256. The van der Waals surface area contributed by atoms with E-state index in [2.05, 4.69) is 9.97 Å². The molecule has 2 aliphatic rings. The van der Waals surface area contributed by atoms with E-state index in [1.165, 1.54) is 18.2 Å². The van der Waals surface area contributed by atoms with E-state index in [0.717, 1.165) is 16.2 Å². The number of imidazole rings is 1. The topological polar surface area (TPSA) is 52.7 Å². The third-order valence-corrected chi connectivity index (χ3v) is 4.47. The standard InChI is InChI=1S/C19H12ClF3N4O/c20-16-8-7-12(10-24-16)11-26-9-3-6-15-17(26)25-18(28)27(15)14-5-2-1-4-13(14)19(21,22)23/h1-10H,11H2. The molecule has 0 unspecified atom stereocenters. The molecule has 0 radical (unpaired) electrons. The van der Waals surface area contributed by atoms with Crippen LogP contribution in [0.3, 0.4) is 0 Å². The molecule has 0 spiro atoms. The van der Waals surface area contributed by atoms with Crippen LogP contribution in [0.2, 0.25) is 5.15 Å². The van der Waals surface area contributed by atoms with Crippen molar-refractivity contribution in [3.8, 4) is 17.2 Å². The van der Waals surface area contributed by atoms with Crippen molar-refractivity contribution in [2.24, 2.45) is 0 Å². The van der Waals surface area contributed by atoms with Crippen LogP contribution in [0.5, 0.6) is 0 Å². The maximum absolute atomic E-state index is 13.4. The number of hydrogen-bond acceptors (Lipinski definition) is 3. The van der Waals surface area contributed by atoms with Gasteiger partial charge in [-0.2, -0.15) is 18.2 Å². The zero-order chi connectivity index (χ0) is 19.9. The van der Waals surface area contributed by atoms with Crippen molar-refractivity contribution < 1.29 is 13.2 Å².